The number of fused-ring (bicyclic) bond motifs is 1. The summed E-state index contributed by atoms with van der Waals surface area (Å²) in [7, 11) is 1.78. The van der Waals surface area contributed by atoms with Gasteiger partial charge in [-0.05, 0) is 87.1 Å². The predicted molar refractivity (Wildman–Crippen MR) is 190 cm³/mol. The normalized spacial score (nSPS) is 20.6. The molecule has 1 aliphatic carbocycles. The average molecular weight is 667 g/mol. The number of benzene rings is 2. The Morgan fingerprint density at radius 2 is 1.96 bits per heavy atom. The summed E-state index contributed by atoms with van der Waals surface area (Å²) in [6, 6.07) is 12.4. The molecule has 2 aromatic carbocycles. The molecule has 0 spiro atoms. The lowest BCUT2D eigenvalue weighted by molar-refractivity contribution is -0.128. The number of ether oxygens (including phenoxy) is 1. The molecule has 0 bridgehead atoms. The molecular formula is C37H54N4O5S. The van der Waals surface area contributed by atoms with Crippen LogP contribution in [-0.2, 0) is 16.0 Å². The Morgan fingerprint density at radius 3 is 2.64 bits per heavy atom. The van der Waals surface area contributed by atoms with Crippen LogP contribution in [-0.4, -0.2) is 72.4 Å². The first-order valence-electron chi connectivity index (χ1n) is 17.0. The maximum absolute atomic E-state index is 12.8. The molecule has 5 unspecified atom stereocenters. The lowest BCUT2D eigenvalue weighted by Gasteiger charge is -2.42. The highest BCUT2D eigenvalue weighted by Crippen LogP contribution is 2.43. The standard InChI is InChI=1S/C37H54N4O5S/c1-7-10-27-19-25(4)12-15-31(27)30-22-41(21-29-13-16-32(29)34(43)11-8-9-18-40(6)26(5)42)33-20-28(14-17-35(33)46-23-30)36(44)37(45)39-47-38-24(2)3/h8,11-12,14-15,17,19-20,24,29-30,32,34,36,38,43-44H,7,9-10,13,16,18,21-23H2,1-6H3,(H,39,45)/b11-8+. The van der Waals surface area contributed by atoms with Crippen molar-refractivity contribution in [3.05, 3.63) is 70.8 Å². The molecule has 0 aromatic heterocycles. The van der Waals surface area contributed by atoms with Gasteiger partial charge in [0.15, 0.2) is 6.10 Å². The van der Waals surface area contributed by atoms with Crippen molar-refractivity contribution in [2.24, 2.45) is 11.8 Å². The summed E-state index contributed by atoms with van der Waals surface area (Å²) in [5.41, 5.74) is 5.26. The number of nitrogens with one attached hydrogen (secondary N) is 2. The van der Waals surface area contributed by atoms with E-state index in [4.69, 9.17) is 4.74 Å². The first-order valence-corrected chi connectivity index (χ1v) is 17.9. The fraction of sp³-hybridized carbons (Fsp3) is 0.568. The van der Waals surface area contributed by atoms with Gasteiger partial charge in [0.2, 0.25) is 5.91 Å². The second kappa shape index (κ2) is 17.4. The zero-order chi connectivity index (χ0) is 34.1. The van der Waals surface area contributed by atoms with Crippen molar-refractivity contribution < 1.29 is 24.5 Å². The van der Waals surface area contributed by atoms with Gasteiger partial charge in [-0.3, -0.25) is 14.3 Å². The van der Waals surface area contributed by atoms with Gasteiger partial charge in [0.05, 0.1) is 18.4 Å². The van der Waals surface area contributed by atoms with E-state index in [0.717, 1.165) is 62.3 Å². The first-order chi connectivity index (χ1) is 22.5. The highest BCUT2D eigenvalue weighted by Gasteiger charge is 2.38. The van der Waals surface area contributed by atoms with Crippen LogP contribution in [0.4, 0.5) is 5.69 Å². The fourth-order valence-corrected chi connectivity index (χ4v) is 6.93. The van der Waals surface area contributed by atoms with Gasteiger partial charge < -0.3 is 24.7 Å². The fourth-order valence-electron chi connectivity index (χ4n) is 6.42. The van der Waals surface area contributed by atoms with Crippen molar-refractivity contribution in [3.63, 3.8) is 0 Å². The van der Waals surface area contributed by atoms with Crippen LogP contribution in [0.5, 0.6) is 5.75 Å². The summed E-state index contributed by atoms with van der Waals surface area (Å²) in [6.45, 7) is 12.4. The molecule has 1 aliphatic heterocycles. The Labute approximate surface area is 285 Å². The maximum atomic E-state index is 12.8. The van der Waals surface area contributed by atoms with Crippen LogP contribution in [0.15, 0.2) is 48.6 Å². The van der Waals surface area contributed by atoms with Gasteiger partial charge in [-0.15, -0.1) is 0 Å². The molecule has 2 aliphatic rings. The average Bonchev–Trinajstić information content (AvgIpc) is 3.19. The van der Waals surface area contributed by atoms with E-state index in [1.807, 2.05) is 38.1 Å². The summed E-state index contributed by atoms with van der Waals surface area (Å²) < 4.78 is 12.2. The van der Waals surface area contributed by atoms with Crippen LogP contribution in [0.2, 0.25) is 0 Å². The minimum absolute atomic E-state index is 0.0313. The number of hydrogen-bond donors (Lipinski definition) is 4. The number of amides is 2. The van der Waals surface area contributed by atoms with Crippen LogP contribution >= 0.6 is 12.1 Å². The Bertz CT molecular complexity index is 1380. The topological polar surface area (TPSA) is 114 Å². The summed E-state index contributed by atoms with van der Waals surface area (Å²) in [6.07, 6.45) is 6.69. The van der Waals surface area contributed by atoms with Crippen molar-refractivity contribution in [2.75, 3.05) is 38.2 Å². The van der Waals surface area contributed by atoms with Crippen LogP contribution in [0, 0.1) is 18.8 Å². The predicted octanol–water partition coefficient (Wildman–Crippen LogP) is 5.45. The third-order valence-corrected chi connectivity index (χ3v) is 10.2. The quantitative estimate of drug-likeness (QED) is 0.147. The van der Waals surface area contributed by atoms with Crippen LogP contribution in [0.3, 0.4) is 0 Å². The molecule has 5 atom stereocenters. The second-order valence-corrected chi connectivity index (χ2v) is 14.1. The van der Waals surface area contributed by atoms with Crippen LogP contribution < -0.4 is 19.1 Å². The number of nitrogens with zero attached hydrogens (tertiary/aromatic N) is 2. The number of hydrogen-bond acceptors (Lipinski definition) is 8. The molecule has 1 fully saturated rings. The molecule has 47 heavy (non-hydrogen) atoms. The molecule has 2 aromatic rings. The molecule has 9 nitrogen and oxygen atoms in total. The molecule has 258 valence electrons. The van der Waals surface area contributed by atoms with Gasteiger partial charge >= 0.3 is 0 Å². The van der Waals surface area contributed by atoms with E-state index < -0.39 is 18.1 Å². The largest absolute Gasteiger partial charge is 0.491 e. The smallest absolute Gasteiger partial charge is 0.264 e. The number of carbonyl (C=O) groups is 2. The van der Waals surface area contributed by atoms with E-state index >= 15 is 0 Å². The molecule has 1 saturated carbocycles. The molecule has 4 N–H and O–H groups in total. The van der Waals surface area contributed by atoms with Gasteiger partial charge in [-0.1, -0.05) is 55.3 Å². The summed E-state index contributed by atoms with van der Waals surface area (Å²) in [5, 5.41) is 22.1. The number of carbonyl (C=O) groups excluding carboxylic acids is 2. The summed E-state index contributed by atoms with van der Waals surface area (Å²) >= 11 is 1.07. The van der Waals surface area contributed by atoms with E-state index in [1.54, 1.807) is 24.9 Å². The van der Waals surface area contributed by atoms with Gasteiger partial charge in [0.1, 0.15) is 5.75 Å². The summed E-state index contributed by atoms with van der Waals surface area (Å²) in [5.74, 6) is 0.793. The molecule has 1 heterocycles. The van der Waals surface area contributed by atoms with Crippen molar-refractivity contribution in [3.8, 4) is 5.75 Å². The molecule has 10 heteroatoms. The Hall–Kier alpha value is -3.05. The van der Waals surface area contributed by atoms with Crippen molar-refractivity contribution in [1.82, 2.24) is 14.3 Å². The molecule has 0 saturated heterocycles. The van der Waals surface area contributed by atoms with Crippen LogP contribution in [0.1, 0.15) is 87.7 Å². The number of anilines is 1. The van der Waals surface area contributed by atoms with Gasteiger partial charge in [0.25, 0.3) is 5.91 Å². The van der Waals surface area contributed by atoms with E-state index in [0.29, 0.717) is 25.1 Å². The number of aryl methyl sites for hydroxylation is 2. The maximum Gasteiger partial charge on any atom is 0.264 e. The van der Waals surface area contributed by atoms with Crippen molar-refractivity contribution in [1.29, 1.82) is 0 Å². The number of aliphatic hydroxyl groups excluding tert-OH is 2. The monoisotopic (exact) mass is 666 g/mol. The van der Waals surface area contributed by atoms with Crippen LogP contribution in [0.25, 0.3) is 0 Å². The highest BCUT2D eigenvalue weighted by atomic mass is 32.2. The Kier molecular flexibility index (Phi) is 13.6. The van der Waals surface area contributed by atoms with Gasteiger partial charge in [0, 0.05) is 57.7 Å². The minimum Gasteiger partial charge on any atom is -0.491 e. The van der Waals surface area contributed by atoms with Gasteiger partial charge in [-0.25, -0.2) is 4.72 Å². The first kappa shape index (κ1) is 36.8. The SMILES string of the molecule is CCCc1cc(C)ccc1C1COc2ccc(C(O)C(=O)NSNC(C)C)cc2N(CC2CCC2C(O)/C=C/CCN(C)C(C)=O)C1. The lowest BCUT2D eigenvalue weighted by atomic mass is 9.70. The third kappa shape index (κ3) is 9.98. The zero-order valence-electron chi connectivity index (χ0n) is 28.9. The summed E-state index contributed by atoms with van der Waals surface area (Å²) in [4.78, 5) is 28.4. The van der Waals surface area contributed by atoms with E-state index in [9.17, 15) is 19.8 Å². The van der Waals surface area contributed by atoms with Crippen molar-refractivity contribution in [2.45, 2.75) is 90.9 Å². The third-order valence-electron chi connectivity index (χ3n) is 9.34. The van der Waals surface area contributed by atoms with E-state index in [1.165, 1.54) is 16.7 Å². The molecule has 0 radical (unpaired) electrons. The van der Waals surface area contributed by atoms with Crippen molar-refractivity contribution >= 4 is 29.6 Å². The Morgan fingerprint density at radius 1 is 1.17 bits per heavy atom. The van der Waals surface area contributed by atoms with E-state index in [2.05, 4.69) is 46.4 Å². The molecule has 4 rings (SSSR count). The second-order valence-electron chi connectivity index (χ2n) is 13.5. The molecular weight excluding hydrogens is 612 g/mol. The number of rotatable bonds is 15. The number of aliphatic hydroxyl groups is 2. The lowest BCUT2D eigenvalue weighted by Crippen LogP contribution is -2.44. The Balaban J connectivity index is 1.57. The highest BCUT2D eigenvalue weighted by molar-refractivity contribution is 7.96. The molecule has 2 amide bonds. The zero-order valence-corrected chi connectivity index (χ0v) is 29.7. The van der Waals surface area contributed by atoms with Gasteiger partial charge in [-0.2, -0.15) is 0 Å². The minimum atomic E-state index is -1.33. The van der Waals surface area contributed by atoms with E-state index in [-0.39, 0.29) is 29.7 Å².